The summed E-state index contributed by atoms with van der Waals surface area (Å²) in [6.07, 6.45) is 0. The molecule has 24 heavy (non-hydrogen) atoms. The third-order valence-electron chi connectivity index (χ3n) is 3.32. The zero-order valence-electron chi connectivity index (χ0n) is 12.6. The highest BCUT2D eigenvalue weighted by atomic mass is 16.5. The normalized spacial score (nSPS) is 10.1. The number of nitrogen functional groups attached to an aromatic ring is 1. The zero-order valence-corrected chi connectivity index (χ0v) is 12.6. The van der Waals surface area contributed by atoms with Crippen molar-refractivity contribution in [3.63, 3.8) is 0 Å². The summed E-state index contributed by atoms with van der Waals surface area (Å²) in [7, 11) is 0. The molecule has 118 valence electrons. The minimum atomic E-state index is -0.692. The van der Waals surface area contributed by atoms with Gasteiger partial charge in [-0.3, -0.25) is 0 Å². The van der Waals surface area contributed by atoms with Crippen molar-refractivity contribution in [3.8, 4) is 11.8 Å². The van der Waals surface area contributed by atoms with Gasteiger partial charge in [-0.1, -0.05) is 36.4 Å². The van der Waals surface area contributed by atoms with E-state index in [0.717, 1.165) is 0 Å². The molecule has 0 radical (unpaired) electrons. The molecule has 7 heteroatoms. The van der Waals surface area contributed by atoms with Crippen LogP contribution in [-0.4, -0.2) is 21.0 Å². The number of nitrogens with zero attached hydrogens (tertiary/aromatic N) is 4. The summed E-state index contributed by atoms with van der Waals surface area (Å²) in [4.78, 5) is 13.5. The van der Waals surface area contributed by atoms with Crippen LogP contribution in [0.25, 0.3) is 5.69 Å². The monoisotopic (exact) mass is 319 g/mol. The third-order valence-corrected chi connectivity index (χ3v) is 3.32. The van der Waals surface area contributed by atoms with Crippen molar-refractivity contribution >= 4 is 11.8 Å². The molecule has 0 fully saturated rings. The minimum Gasteiger partial charge on any atom is -0.456 e. The lowest BCUT2D eigenvalue weighted by Crippen LogP contribution is -2.09. The quantitative estimate of drug-likeness (QED) is 0.738. The number of para-hydroxylation sites is 1. The van der Waals surface area contributed by atoms with Crippen LogP contribution in [-0.2, 0) is 11.3 Å². The Bertz CT molecular complexity index is 912. The van der Waals surface area contributed by atoms with Crippen LogP contribution < -0.4 is 5.73 Å². The number of rotatable bonds is 4. The number of benzene rings is 2. The van der Waals surface area contributed by atoms with Crippen molar-refractivity contribution in [2.24, 2.45) is 0 Å². The van der Waals surface area contributed by atoms with Gasteiger partial charge in [0.05, 0.1) is 17.3 Å². The number of esters is 1. The lowest BCUT2D eigenvalue weighted by atomic mass is 10.1. The van der Waals surface area contributed by atoms with Gasteiger partial charge in [0.1, 0.15) is 6.61 Å². The van der Waals surface area contributed by atoms with Crippen LogP contribution in [0.1, 0.15) is 21.6 Å². The number of ether oxygens (including phenoxy) is 1. The second-order valence-corrected chi connectivity index (χ2v) is 4.90. The predicted octanol–water partition coefficient (Wildman–Crippen LogP) is 2.08. The van der Waals surface area contributed by atoms with E-state index in [-0.39, 0.29) is 18.1 Å². The fourth-order valence-corrected chi connectivity index (χ4v) is 2.11. The Morgan fingerprint density at radius 3 is 2.58 bits per heavy atom. The fourth-order valence-electron chi connectivity index (χ4n) is 2.11. The summed E-state index contributed by atoms with van der Waals surface area (Å²) in [5, 5.41) is 17.1. The maximum Gasteiger partial charge on any atom is 0.363 e. The van der Waals surface area contributed by atoms with Crippen molar-refractivity contribution < 1.29 is 9.53 Å². The van der Waals surface area contributed by atoms with Gasteiger partial charge in [0, 0.05) is 5.56 Å². The first-order chi connectivity index (χ1) is 11.7. The summed E-state index contributed by atoms with van der Waals surface area (Å²) in [6.45, 7) is -0.0415. The first-order valence-electron chi connectivity index (χ1n) is 7.12. The van der Waals surface area contributed by atoms with Gasteiger partial charge in [0.15, 0.2) is 5.82 Å². The van der Waals surface area contributed by atoms with Gasteiger partial charge in [-0.2, -0.15) is 5.26 Å². The van der Waals surface area contributed by atoms with E-state index < -0.39 is 5.97 Å². The molecule has 0 bridgehead atoms. The number of carbonyl (C=O) groups is 1. The predicted molar refractivity (Wildman–Crippen MR) is 86.0 cm³/mol. The van der Waals surface area contributed by atoms with E-state index in [1.54, 1.807) is 36.4 Å². The molecule has 1 heterocycles. The summed E-state index contributed by atoms with van der Waals surface area (Å²) in [5.74, 6) is -0.708. The van der Waals surface area contributed by atoms with Gasteiger partial charge >= 0.3 is 5.97 Å². The molecule has 0 unspecified atom stereocenters. The molecule has 0 aliphatic heterocycles. The van der Waals surface area contributed by atoms with Gasteiger partial charge < -0.3 is 10.5 Å². The summed E-state index contributed by atoms with van der Waals surface area (Å²) in [6, 6.07) is 18.0. The molecule has 3 aromatic rings. The number of hydrogen-bond acceptors (Lipinski definition) is 6. The highest BCUT2D eigenvalue weighted by molar-refractivity contribution is 5.91. The van der Waals surface area contributed by atoms with E-state index in [1.807, 2.05) is 24.3 Å². The standard InChI is InChI=1S/C17H13N5O2/c18-10-12-6-4-5-7-13(12)11-24-17(23)15-16(19)21-22(20-15)14-8-2-1-3-9-14/h1-9H,11H2,(H2,19,21). The second-order valence-electron chi connectivity index (χ2n) is 4.90. The molecule has 2 N–H and O–H groups in total. The van der Waals surface area contributed by atoms with Crippen molar-refractivity contribution in [2.45, 2.75) is 6.61 Å². The molecule has 0 amide bonds. The largest absolute Gasteiger partial charge is 0.456 e. The molecule has 1 aromatic heterocycles. The number of carbonyl (C=O) groups excluding carboxylic acids is 1. The Morgan fingerprint density at radius 2 is 1.83 bits per heavy atom. The molecule has 7 nitrogen and oxygen atoms in total. The Labute approximate surface area is 137 Å². The van der Waals surface area contributed by atoms with Crippen LogP contribution in [0.4, 0.5) is 5.82 Å². The highest BCUT2D eigenvalue weighted by Gasteiger charge is 2.19. The lowest BCUT2D eigenvalue weighted by Gasteiger charge is -2.04. The third kappa shape index (κ3) is 3.08. The minimum absolute atomic E-state index is 0.0163. The Morgan fingerprint density at radius 1 is 1.12 bits per heavy atom. The maximum absolute atomic E-state index is 12.2. The summed E-state index contributed by atoms with van der Waals surface area (Å²) < 4.78 is 5.20. The van der Waals surface area contributed by atoms with E-state index >= 15 is 0 Å². The number of nitriles is 1. The average molecular weight is 319 g/mol. The number of nitrogens with two attached hydrogens (primary N) is 1. The van der Waals surface area contributed by atoms with Crippen molar-refractivity contribution in [2.75, 3.05) is 5.73 Å². The number of hydrogen-bond donors (Lipinski definition) is 1. The highest BCUT2D eigenvalue weighted by Crippen LogP contribution is 2.14. The first-order valence-corrected chi connectivity index (χ1v) is 7.12. The molecule has 0 saturated carbocycles. The van der Waals surface area contributed by atoms with E-state index in [9.17, 15) is 4.79 Å². The molecular formula is C17H13N5O2. The molecule has 3 rings (SSSR count). The number of aromatic nitrogens is 3. The summed E-state index contributed by atoms with van der Waals surface area (Å²) >= 11 is 0. The Kier molecular flexibility index (Phi) is 4.21. The molecule has 0 atom stereocenters. The molecular weight excluding hydrogens is 306 g/mol. The molecule has 2 aromatic carbocycles. The van der Waals surface area contributed by atoms with Crippen LogP contribution in [0.2, 0.25) is 0 Å². The Hall–Kier alpha value is -3.66. The molecule has 0 aliphatic rings. The van der Waals surface area contributed by atoms with E-state index in [4.69, 9.17) is 15.7 Å². The molecule has 0 aliphatic carbocycles. The van der Waals surface area contributed by atoms with Crippen molar-refractivity contribution in [1.82, 2.24) is 15.0 Å². The van der Waals surface area contributed by atoms with Gasteiger partial charge in [-0.15, -0.1) is 15.0 Å². The average Bonchev–Trinajstić information content (AvgIpc) is 3.02. The van der Waals surface area contributed by atoms with Gasteiger partial charge in [-0.05, 0) is 18.2 Å². The van der Waals surface area contributed by atoms with Crippen LogP contribution in [0, 0.1) is 11.3 Å². The second kappa shape index (κ2) is 6.62. The van der Waals surface area contributed by atoms with Crippen molar-refractivity contribution in [3.05, 3.63) is 71.4 Å². The van der Waals surface area contributed by atoms with Crippen LogP contribution in [0.3, 0.4) is 0 Å². The maximum atomic E-state index is 12.2. The zero-order chi connectivity index (χ0) is 16.9. The summed E-state index contributed by atoms with van der Waals surface area (Å²) in [5.41, 5.74) is 7.44. The van der Waals surface area contributed by atoms with E-state index in [1.165, 1.54) is 4.80 Å². The lowest BCUT2D eigenvalue weighted by molar-refractivity contribution is 0.0466. The smallest absolute Gasteiger partial charge is 0.363 e. The van der Waals surface area contributed by atoms with E-state index in [0.29, 0.717) is 16.8 Å². The SMILES string of the molecule is N#Cc1ccccc1COC(=O)c1nn(-c2ccccc2)nc1N. The topological polar surface area (TPSA) is 107 Å². The molecule has 0 saturated heterocycles. The fraction of sp³-hybridized carbons (Fsp3) is 0.0588. The number of anilines is 1. The van der Waals surface area contributed by atoms with Crippen LogP contribution in [0.5, 0.6) is 0 Å². The molecule has 0 spiro atoms. The first kappa shape index (κ1) is 15.2. The van der Waals surface area contributed by atoms with Crippen molar-refractivity contribution in [1.29, 1.82) is 5.26 Å². The van der Waals surface area contributed by atoms with Crippen LogP contribution in [0.15, 0.2) is 54.6 Å². The van der Waals surface area contributed by atoms with Gasteiger partial charge in [0.25, 0.3) is 0 Å². The van der Waals surface area contributed by atoms with E-state index in [2.05, 4.69) is 10.2 Å². The van der Waals surface area contributed by atoms with Gasteiger partial charge in [-0.25, -0.2) is 4.79 Å². The van der Waals surface area contributed by atoms with Crippen LogP contribution >= 0.6 is 0 Å². The van der Waals surface area contributed by atoms with Gasteiger partial charge in [0.2, 0.25) is 5.69 Å². The Balaban J connectivity index is 1.76.